The molecule has 0 unspecified atom stereocenters. The average molecular weight is 215 g/mol. The molecular weight excluding hydrogens is 208 g/mol. The highest BCUT2D eigenvalue weighted by molar-refractivity contribution is 9.10. The van der Waals surface area contributed by atoms with Gasteiger partial charge in [0, 0.05) is 10.7 Å². The first kappa shape index (κ1) is 8.20. The van der Waals surface area contributed by atoms with Crippen LogP contribution in [0.15, 0.2) is 28.0 Å². The summed E-state index contributed by atoms with van der Waals surface area (Å²) in [4.78, 5) is 8.53. The third kappa shape index (κ3) is 2.67. The monoisotopic (exact) mass is 214 g/mol. The first-order valence-electron chi connectivity index (χ1n) is 3.01. The van der Waals surface area contributed by atoms with Crippen LogP contribution in [-0.4, -0.2) is 18.3 Å². The van der Waals surface area contributed by atoms with Crippen molar-refractivity contribution in [3.05, 3.63) is 28.5 Å². The van der Waals surface area contributed by atoms with Crippen LogP contribution < -0.4 is 0 Å². The van der Waals surface area contributed by atoms with Gasteiger partial charge in [0.05, 0.1) is 11.9 Å². The Morgan fingerprint density at radius 3 is 3.00 bits per heavy atom. The highest BCUT2D eigenvalue weighted by Crippen LogP contribution is 2.05. The minimum atomic E-state index is 0.773. The number of rotatable bonds is 2. The Bertz CT molecular complexity index is 245. The molecule has 1 aromatic rings. The lowest BCUT2D eigenvalue weighted by atomic mass is 10.4. The van der Waals surface area contributed by atoms with Crippen molar-refractivity contribution < 1.29 is 4.84 Å². The van der Waals surface area contributed by atoms with Crippen molar-refractivity contribution in [1.29, 1.82) is 0 Å². The average Bonchev–Trinajstić information content (AvgIpc) is 2.04. The zero-order valence-corrected chi connectivity index (χ0v) is 7.58. The van der Waals surface area contributed by atoms with Crippen LogP contribution in [0.4, 0.5) is 0 Å². The topological polar surface area (TPSA) is 34.5 Å². The molecule has 1 aromatic heterocycles. The quantitative estimate of drug-likeness (QED) is 0.557. The molecule has 11 heavy (non-hydrogen) atoms. The van der Waals surface area contributed by atoms with Gasteiger partial charge in [-0.15, -0.1) is 0 Å². The fourth-order valence-electron chi connectivity index (χ4n) is 0.570. The molecule has 0 aliphatic heterocycles. The molecule has 0 spiro atoms. The Hall–Kier alpha value is -0.900. The van der Waals surface area contributed by atoms with E-state index in [1.165, 1.54) is 7.11 Å². The summed E-state index contributed by atoms with van der Waals surface area (Å²) >= 11 is 3.28. The third-order valence-corrected chi connectivity index (χ3v) is 1.51. The summed E-state index contributed by atoms with van der Waals surface area (Å²) in [5.41, 5.74) is 0.773. The number of halogens is 1. The minimum Gasteiger partial charge on any atom is -0.399 e. The Kier molecular flexibility index (Phi) is 3.04. The van der Waals surface area contributed by atoms with Gasteiger partial charge in [0.25, 0.3) is 0 Å². The van der Waals surface area contributed by atoms with Crippen LogP contribution in [0.1, 0.15) is 5.69 Å². The van der Waals surface area contributed by atoms with Crippen LogP contribution in [0, 0.1) is 0 Å². The highest BCUT2D eigenvalue weighted by Gasteiger charge is 1.88. The van der Waals surface area contributed by atoms with E-state index in [9.17, 15) is 0 Å². The van der Waals surface area contributed by atoms with E-state index in [2.05, 4.69) is 30.9 Å². The van der Waals surface area contributed by atoms with Crippen molar-refractivity contribution in [2.24, 2.45) is 5.16 Å². The maximum absolute atomic E-state index is 4.49. The summed E-state index contributed by atoms with van der Waals surface area (Å²) in [7, 11) is 1.50. The van der Waals surface area contributed by atoms with Crippen molar-refractivity contribution in [3.63, 3.8) is 0 Å². The predicted molar refractivity (Wildman–Crippen MR) is 46.5 cm³/mol. The first-order chi connectivity index (χ1) is 5.33. The van der Waals surface area contributed by atoms with Crippen molar-refractivity contribution in [3.8, 4) is 0 Å². The van der Waals surface area contributed by atoms with Gasteiger partial charge < -0.3 is 4.84 Å². The number of aromatic nitrogens is 1. The molecule has 0 fully saturated rings. The summed E-state index contributed by atoms with van der Waals surface area (Å²) in [5, 5.41) is 3.57. The van der Waals surface area contributed by atoms with Crippen LogP contribution >= 0.6 is 15.9 Å². The van der Waals surface area contributed by atoms with E-state index < -0.39 is 0 Å². The molecule has 0 aliphatic rings. The van der Waals surface area contributed by atoms with Crippen molar-refractivity contribution in [2.75, 3.05) is 7.11 Å². The molecule has 0 bridgehead atoms. The second-order valence-corrected chi connectivity index (χ2v) is 2.73. The molecule has 0 radical (unpaired) electrons. The first-order valence-corrected chi connectivity index (χ1v) is 3.80. The molecular formula is C7H7BrN2O. The fraction of sp³-hybridized carbons (Fsp3) is 0.143. The normalized spacial score (nSPS) is 10.4. The SMILES string of the molecule is CO/N=C/c1ccc(Br)cn1. The zero-order valence-electron chi connectivity index (χ0n) is 5.99. The summed E-state index contributed by atoms with van der Waals surface area (Å²) < 4.78 is 0.951. The summed E-state index contributed by atoms with van der Waals surface area (Å²) in [5.74, 6) is 0. The van der Waals surface area contributed by atoms with E-state index in [1.807, 2.05) is 12.1 Å². The summed E-state index contributed by atoms with van der Waals surface area (Å²) in [6, 6.07) is 3.73. The Balaban J connectivity index is 2.73. The standard InChI is InChI=1S/C7H7BrN2O/c1-11-10-5-7-3-2-6(8)4-9-7/h2-5H,1H3/b10-5+. The van der Waals surface area contributed by atoms with Crippen LogP contribution in [0.25, 0.3) is 0 Å². The third-order valence-electron chi connectivity index (χ3n) is 1.04. The van der Waals surface area contributed by atoms with E-state index in [0.29, 0.717) is 0 Å². The molecule has 1 rings (SSSR count). The lowest BCUT2D eigenvalue weighted by molar-refractivity contribution is 0.215. The van der Waals surface area contributed by atoms with Crippen molar-refractivity contribution in [1.82, 2.24) is 4.98 Å². The Labute approximate surface area is 73.2 Å². The van der Waals surface area contributed by atoms with E-state index in [4.69, 9.17) is 0 Å². The van der Waals surface area contributed by atoms with Crippen LogP contribution in [0.5, 0.6) is 0 Å². The summed E-state index contributed by atoms with van der Waals surface area (Å²) in [6.07, 6.45) is 3.25. The van der Waals surface area contributed by atoms with Crippen LogP contribution in [0.2, 0.25) is 0 Å². The van der Waals surface area contributed by atoms with Gasteiger partial charge in [-0.25, -0.2) is 0 Å². The molecule has 0 atom stereocenters. The largest absolute Gasteiger partial charge is 0.399 e. The molecule has 0 N–H and O–H groups in total. The molecule has 1 heterocycles. The molecule has 0 aliphatic carbocycles. The highest BCUT2D eigenvalue weighted by atomic mass is 79.9. The lowest BCUT2D eigenvalue weighted by Crippen LogP contribution is -1.85. The van der Waals surface area contributed by atoms with Gasteiger partial charge in [0.1, 0.15) is 7.11 Å². The molecule has 0 saturated heterocycles. The van der Waals surface area contributed by atoms with Gasteiger partial charge in [-0.3, -0.25) is 4.98 Å². The molecule has 0 amide bonds. The second-order valence-electron chi connectivity index (χ2n) is 1.82. The lowest BCUT2D eigenvalue weighted by Gasteiger charge is -1.90. The number of oxime groups is 1. The van der Waals surface area contributed by atoms with Gasteiger partial charge in [-0.1, -0.05) is 5.16 Å². The molecule has 3 nitrogen and oxygen atoms in total. The van der Waals surface area contributed by atoms with E-state index in [0.717, 1.165) is 10.2 Å². The van der Waals surface area contributed by atoms with Gasteiger partial charge >= 0.3 is 0 Å². The minimum absolute atomic E-state index is 0.773. The molecule has 58 valence electrons. The molecule has 0 aromatic carbocycles. The summed E-state index contributed by atoms with van der Waals surface area (Å²) in [6.45, 7) is 0. The van der Waals surface area contributed by atoms with E-state index in [-0.39, 0.29) is 0 Å². The van der Waals surface area contributed by atoms with Gasteiger partial charge in [0.2, 0.25) is 0 Å². The number of nitrogens with zero attached hydrogens (tertiary/aromatic N) is 2. The van der Waals surface area contributed by atoms with Gasteiger partial charge in [-0.2, -0.15) is 0 Å². The number of hydrogen-bond donors (Lipinski definition) is 0. The number of pyridine rings is 1. The van der Waals surface area contributed by atoms with Crippen LogP contribution in [0.3, 0.4) is 0 Å². The zero-order chi connectivity index (χ0) is 8.10. The smallest absolute Gasteiger partial charge is 0.106 e. The predicted octanol–water partition coefficient (Wildman–Crippen LogP) is 1.82. The maximum Gasteiger partial charge on any atom is 0.106 e. The maximum atomic E-state index is 4.49. The van der Waals surface area contributed by atoms with E-state index in [1.54, 1.807) is 12.4 Å². The van der Waals surface area contributed by atoms with Gasteiger partial charge in [-0.05, 0) is 28.1 Å². The molecule has 0 saturated carbocycles. The second kappa shape index (κ2) is 4.08. The molecule has 4 heteroatoms. The van der Waals surface area contributed by atoms with E-state index >= 15 is 0 Å². The number of hydrogen-bond acceptors (Lipinski definition) is 3. The van der Waals surface area contributed by atoms with Crippen molar-refractivity contribution >= 4 is 22.1 Å². The van der Waals surface area contributed by atoms with Gasteiger partial charge in [0.15, 0.2) is 0 Å². The Morgan fingerprint density at radius 2 is 2.45 bits per heavy atom. The fourth-order valence-corrected chi connectivity index (χ4v) is 0.805. The van der Waals surface area contributed by atoms with Crippen LogP contribution in [-0.2, 0) is 4.84 Å². The Morgan fingerprint density at radius 1 is 1.64 bits per heavy atom. The van der Waals surface area contributed by atoms with Crippen molar-refractivity contribution in [2.45, 2.75) is 0 Å².